The smallest absolute Gasteiger partial charge is 0.176 e. The van der Waals surface area contributed by atoms with E-state index in [1.807, 2.05) is 24.3 Å². The normalized spacial score (nSPS) is 10.9. The fourth-order valence-electron chi connectivity index (χ4n) is 1.74. The number of carbonyl (C=O) groups is 1. The second-order valence-electron chi connectivity index (χ2n) is 3.97. The number of benzene rings is 1. The maximum Gasteiger partial charge on any atom is 0.176 e. The van der Waals surface area contributed by atoms with Crippen LogP contribution in [-0.2, 0) is 4.74 Å². The van der Waals surface area contributed by atoms with Gasteiger partial charge in [0.1, 0.15) is 11.8 Å². The molecule has 0 fully saturated rings. The molecule has 0 radical (unpaired) electrons. The Hall–Kier alpha value is -1.26. The van der Waals surface area contributed by atoms with Crippen LogP contribution in [0.2, 0.25) is 0 Å². The topological polar surface area (TPSA) is 39.4 Å². The number of furan rings is 1. The Morgan fingerprint density at radius 2 is 2.22 bits per heavy atom. The average Bonchev–Trinajstić information content (AvgIpc) is 2.82. The molecule has 1 aromatic carbocycles. The molecule has 0 aliphatic carbocycles. The lowest BCUT2D eigenvalue weighted by Gasteiger charge is -2.00. The first-order chi connectivity index (χ1) is 8.83. The van der Waals surface area contributed by atoms with E-state index in [0.29, 0.717) is 11.3 Å². The van der Waals surface area contributed by atoms with Gasteiger partial charge in [0, 0.05) is 19.1 Å². The molecule has 0 amide bonds. The first-order valence-corrected chi connectivity index (χ1v) is 7.04. The van der Waals surface area contributed by atoms with E-state index in [2.05, 4.69) is 0 Å². The summed E-state index contributed by atoms with van der Waals surface area (Å²) in [6, 6.07) is 7.61. The summed E-state index contributed by atoms with van der Waals surface area (Å²) >= 11 is 1.64. The minimum atomic E-state index is 0.127. The van der Waals surface area contributed by atoms with Gasteiger partial charge in [0.05, 0.1) is 11.3 Å². The van der Waals surface area contributed by atoms with E-state index in [1.54, 1.807) is 25.1 Å². The van der Waals surface area contributed by atoms with Gasteiger partial charge in [0.25, 0.3) is 0 Å². The number of rotatable bonds is 7. The van der Waals surface area contributed by atoms with Crippen molar-refractivity contribution in [3.05, 3.63) is 36.1 Å². The van der Waals surface area contributed by atoms with Crippen LogP contribution in [0.25, 0.3) is 11.0 Å². The molecule has 96 valence electrons. The third kappa shape index (κ3) is 3.15. The zero-order valence-electron chi connectivity index (χ0n) is 10.3. The van der Waals surface area contributed by atoms with E-state index in [-0.39, 0.29) is 5.78 Å². The fraction of sp³-hybridized carbons (Fsp3) is 0.357. The Kier molecular flexibility index (Phi) is 4.84. The van der Waals surface area contributed by atoms with Gasteiger partial charge in [-0.3, -0.25) is 4.79 Å². The summed E-state index contributed by atoms with van der Waals surface area (Å²) in [6.07, 6.45) is 2.53. The van der Waals surface area contributed by atoms with Crippen LogP contribution in [0, 0.1) is 0 Å². The van der Waals surface area contributed by atoms with Gasteiger partial charge in [0.2, 0.25) is 0 Å². The first kappa shape index (κ1) is 13.2. The van der Waals surface area contributed by atoms with Crippen molar-refractivity contribution in [2.24, 2.45) is 0 Å². The summed E-state index contributed by atoms with van der Waals surface area (Å²) in [5, 5.41) is 0.903. The Morgan fingerprint density at radius 1 is 1.39 bits per heavy atom. The zero-order valence-corrected chi connectivity index (χ0v) is 11.2. The second-order valence-corrected chi connectivity index (χ2v) is 5.07. The standard InChI is InChI=1S/C14H16O3S/c1-16-7-4-8-18-10-13(15)12-9-17-14-6-3-2-5-11(12)14/h2-3,5-6,9H,4,7-8,10H2,1H3. The number of carbonyl (C=O) groups excluding carboxylic acids is 1. The molecule has 0 aliphatic rings. The van der Waals surface area contributed by atoms with E-state index in [9.17, 15) is 4.79 Å². The quantitative estimate of drug-likeness (QED) is 0.567. The molecule has 0 saturated heterocycles. The van der Waals surface area contributed by atoms with E-state index in [0.717, 1.165) is 29.7 Å². The number of Topliss-reactive ketones (excluding diaryl/α,β-unsaturated/α-hetero) is 1. The van der Waals surface area contributed by atoms with Gasteiger partial charge in [-0.15, -0.1) is 0 Å². The molecule has 18 heavy (non-hydrogen) atoms. The van der Waals surface area contributed by atoms with Gasteiger partial charge in [0.15, 0.2) is 5.78 Å². The SMILES string of the molecule is COCCCSCC(=O)c1coc2ccccc12. The Morgan fingerprint density at radius 3 is 3.06 bits per heavy atom. The summed E-state index contributed by atoms with van der Waals surface area (Å²) in [6.45, 7) is 0.746. The lowest BCUT2D eigenvalue weighted by molar-refractivity contribution is 0.102. The van der Waals surface area contributed by atoms with Gasteiger partial charge < -0.3 is 9.15 Å². The van der Waals surface area contributed by atoms with E-state index in [4.69, 9.17) is 9.15 Å². The molecule has 2 rings (SSSR count). The van der Waals surface area contributed by atoms with Gasteiger partial charge in [-0.1, -0.05) is 18.2 Å². The molecular weight excluding hydrogens is 248 g/mol. The van der Waals surface area contributed by atoms with Gasteiger partial charge >= 0.3 is 0 Å². The molecule has 0 aliphatic heterocycles. The first-order valence-electron chi connectivity index (χ1n) is 5.89. The molecule has 0 unspecified atom stereocenters. The van der Waals surface area contributed by atoms with Gasteiger partial charge in [-0.25, -0.2) is 0 Å². The highest BCUT2D eigenvalue weighted by Gasteiger charge is 2.12. The Balaban J connectivity index is 1.93. The number of thioether (sulfide) groups is 1. The maximum atomic E-state index is 12.0. The van der Waals surface area contributed by atoms with Crippen LogP contribution in [0.5, 0.6) is 0 Å². The third-order valence-electron chi connectivity index (χ3n) is 2.65. The van der Waals surface area contributed by atoms with Crippen LogP contribution in [0.3, 0.4) is 0 Å². The highest BCUT2D eigenvalue weighted by atomic mass is 32.2. The van der Waals surface area contributed by atoms with Crippen molar-refractivity contribution in [3.8, 4) is 0 Å². The van der Waals surface area contributed by atoms with Crippen molar-refractivity contribution in [3.63, 3.8) is 0 Å². The molecule has 4 heteroatoms. The van der Waals surface area contributed by atoms with Crippen molar-refractivity contribution in [2.45, 2.75) is 6.42 Å². The summed E-state index contributed by atoms with van der Waals surface area (Å²) in [5.74, 6) is 1.56. The van der Waals surface area contributed by atoms with Crippen LogP contribution in [-0.4, -0.2) is 31.0 Å². The minimum absolute atomic E-state index is 0.127. The van der Waals surface area contributed by atoms with Crippen molar-refractivity contribution >= 4 is 28.5 Å². The Labute approximate surface area is 110 Å². The van der Waals surface area contributed by atoms with Crippen LogP contribution in [0.15, 0.2) is 34.9 Å². The fourth-order valence-corrected chi connectivity index (χ4v) is 2.55. The largest absolute Gasteiger partial charge is 0.464 e. The Bertz CT molecular complexity index is 518. The van der Waals surface area contributed by atoms with Gasteiger partial charge in [-0.2, -0.15) is 11.8 Å². The molecule has 0 spiro atoms. The number of hydrogen-bond donors (Lipinski definition) is 0. The van der Waals surface area contributed by atoms with Crippen molar-refractivity contribution in [1.82, 2.24) is 0 Å². The lowest BCUT2D eigenvalue weighted by atomic mass is 10.1. The van der Waals surface area contributed by atoms with Crippen LogP contribution >= 0.6 is 11.8 Å². The van der Waals surface area contributed by atoms with Crippen molar-refractivity contribution < 1.29 is 13.9 Å². The van der Waals surface area contributed by atoms with Crippen molar-refractivity contribution in [1.29, 1.82) is 0 Å². The number of ketones is 1. The zero-order chi connectivity index (χ0) is 12.8. The van der Waals surface area contributed by atoms with E-state index in [1.165, 1.54) is 0 Å². The third-order valence-corrected chi connectivity index (χ3v) is 3.70. The monoisotopic (exact) mass is 264 g/mol. The molecule has 3 nitrogen and oxygen atoms in total. The highest BCUT2D eigenvalue weighted by molar-refractivity contribution is 7.99. The lowest BCUT2D eigenvalue weighted by Crippen LogP contribution is -2.02. The molecule has 1 aromatic heterocycles. The molecule has 1 heterocycles. The molecule has 0 bridgehead atoms. The van der Waals surface area contributed by atoms with Crippen molar-refractivity contribution in [2.75, 3.05) is 25.2 Å². The highest BCUT2D eigenvalue weighted by Crippen LogP contribution is 2.22. The number of fused-ring (bicyclic) bond motifs is 1. The van der Waals surface area contributed by atoms with Crippen LogP contribution < -0.4 is 0 Å². The summed E-state index contributed by atoms with van der Waals surface area (Å²) in [4.78, 5) is 12.0. The minimum Gasteiger partial charge on any atom is -0.464 e. The second kappa shape index (κ2) is 6.61. The molecule has 0 saturated carbocycles. The predicted molar refractivity (Wildman–Crippen MR) is 74.4 cm³/mol. The summed E-state index contributed by atoms with van der Waals surface area (Å²) in [7, 11) is 1.69. The number of methoxy groups -OCH3 is 1. The maximum absolute atomic E-state index is 12.0. The molecule has 0 atom stereocenters. The molecule has 0 N–H and O–H groups in total. The molecule has 2 aromatic rings. The number of ether oxygens (including phenoxy) is 1. The average molecular weight is 264 g/mol. The summed E-state index contributed by atoms with van der Waals surface area (Å²) in [5.41, 5.74) is 1.45. The van der Waals surface area contributed by atoms with Gasteiger partial charge in [-0.05, 0) is 18.2 Å². The number of hydrogen-bond acceptors (Lipinski definition) is 4. The van der Waals surface area contributed by atoms with Crippen LogP contribution in [0.4, 0.5) is 0 Å². The molecular formula is C14H16O3S. The van der Waals surface area contributed by atoms with E-state index >= 15 is 0 Å². The van der Waals surface area contributed by atoms with E-state index < -0.39 is 0 Å². The summed E-state index contributed by atoms with van der Waals surface area (Å²) < 4.78 is 10.3. The van der Waals surface area contributed by atoms with Crippen LogP contribution in [0.1, 0.15) is 16.8 Å². The predicted octanol–water partition coefficient (Wildman–Crippen LogP) is 3.39. The number of para-hydroxylation sites is 1.